The number of ether oxygens (including phenoxy) is 1. The molecule has 0 amide bonds. The highest BCUT2D eigenvalue weighted by atomic mass is 16.5. The second kappa shape index (κ2) is 2.72. The summed E-state index contributed by atoms with van der Waals surface area (Å²) >= 11 is 0. The van der Waals surface area contributed by atoms with Crippen molar-refractivity contribution in [2.45, 2.75) is 18.9 Å². The van der Waals surface area contributed by atoms with Crippen LogP contribution in [0.15, 0.2) is 12.3 Å². The van der Waals surface area contributed by atoms with Crippen LogP contribution in [-0.2, 0) is 4.74 Å². The third-order valence-corrected chi connectivity index (χ3v) is 1.16. The molecule has 1 heterocycles. The lowest BCUT2D eigenvalue weighted by Gasteiger charge is -1.96. The van der Waals surface area contributed by atoms with E-state index in [-0.39, 0.29) is 6.10 Å². The van der Waals surface area contributed by atoms with Crippen LogP contribution >= 0.6 is 0 Å². The van der Waals surface area contributed by atoms with Crippen LogP contribution in [0.5, 0.6) is 0 Å². The lowest BCUT2D eigenvalue weighted by Crippen LogP contribution is -1.99. The molecule has 0 aromatic heterocycles. The lowest BCUT2D eigenvalue weighted by molar-refractivity contribution is 0.204. The molecule has 0 unspecified atom stereocenters. The highest BCUT2D eigenvalue weighted by molar-refractivity contribution is 4.84. The van der Waals surface area contributed by atoms with E-state index in [2.05, 4.69) is 0 Å². The van der Waals surface area contributed by atoms with E-state index in [0.717, 1.165) is 19.4 Å². The van der Waals surface area contributed by atoms with Crippen LogP contribution in [0.2, 0.25) is 0 Å². The van der Waals surface area contributed by atoms with E-state index in [4.69, 9.17) is 9.84 Å². The van der Waals surface area contributed by atoms with Gasteiger partial charge in [0, 0.05) is 0 Å². The maximum atomic E-state index is 8.92. The van der Waals surface area contributed by atoms with Crippen LogP contribution in [0.25, 0.3) is 0 Å². The van der Waals surface area contributed by atoms with Gasteiger partial charge in [0.1, 0.15) is 0 Å². The number of aliphatic hydroxyl groups is 1. The molecular weight excluding hydrogens is 104 g/mol. The molecule has 1 aliphatic heterocycles. The molecule has 1 rings (SSSR count). The molecule has 0 bridgehead atoms. The van der Waals surface area contributed by atoms with Gasteiger partial charge >= 0.3 is 0 Å². The highest BCUT2D eigenvalue weighted by Gasteiger charge is 2.00. The predicted octanol–water partition coefficient (Wildman–Crippen LogP) is 0.671. The first-order chi connectivity index (χ1) is 3.89. The Balaban J connectivity index is 2.33. The van der Waals surface area contributed by atoms with E-state index in [1.165, 1.54) is 0 Å². The molecule has 1 aliphatic rings. The summed E-state index contributed by atoms with van der Waals surface area (Å²) in [7, 11) is 0. The van der Waals surface area contributed by atoms with Gasteiger partial charge in [-0.05, 0) is 18.9 Å². The Hall–Kier alpha value is -0.500. The smallest absolute Gasteiger partial charge is 0.0874 e. The van der Waals surface area contributed by atoms with Crippen LogP contribution in [-0.4, -0.2) is 17.8 Å². The van der Waals surface area contributed by atoms with E-state index >= 15 is 0 Å². The quantitative estimate of drug-likeness (QED) is 0.501. The number of rotatable bonds is 0. The van der Waals surface area contributed by atoms with Crippen molar-refractivity contribution in [2.75, 3.05) is 6.61 Å². The standard InChI is InChI=1S/C6H10O2/c7-6-2-1-4-8-5-3-6/h3,5-7H,1-2,4H2/t6-/m0/s1. The van der Waals surface area contributed by atoms with Gasteiger partial charge < -0.3 is 9.84 Å². The Bertz CT molecular complexity index is 88.5. The highest BCUT2D eigenvalue weighted by Crippen LogP contribution is 2.03. The van der Waals surface area contributed by atoms with Crippen molar-refractivity contribution >= 4 is 0 Å². The summed E-state index contributed by atoms with van der Waals surface area (Å²) in [5.41, 5.74) is 0. The summed E-state index contributed by atoms with van der Waals surface area (Å²) in [5, 5.41) is 8.92. The lowest BCUT2D eigenvalue weighted by atomic mass is 10.2. The Morgan fingerprint density at radius 2 is 2.50 bits per heavy atom. The molecule has 1 N–H and O–H groups in total. The zero-order valence-corrected chi connectivity index (χ0v) is 4.71. The summed E-state index contributed by atoms with van der Waals surface area (Å²) in [5.74, 6) is 0. The van der Waals surface area contributed by atoms with Crippen LogP contribution in [0.1, 0.15) is 12.8 Å². The fourth-order valence-electron chi connectivity index (χ4n) is 0.686. The van der Waals surface area contributed by atoms with Crippen molar-refractivity contribution in [1.29, 1.82) is 0 Å². The van der Waals surface area contributed by atoms with Gasteiger partial charge in [0.05, 0.1) is 19.0 Å². The minimum atomic E-state index is -0.280. The van der Waals surface area contributed by atoms with Crippen LogP contribution in [0.4, 0.5) is 0 Å². The molecule has 1 atom stereocenters. The Morgan fingerprint density at radius 3 is 3.38 bits per heavy atom. The summed E-state index contributed by atoms with van der Waals surface area (Å²) in [4.78, 5) is 0. The molecule has 8 heavy (non-hydrogen) atoms. The van der Waals surface area contributed by atoms with Crippen molar-refractivity contribution in [1.82, 2.24) is 0 Å². The average molecular weight is 114 g/mol. The van der Waals surface area contributed by atoms with Gasteiger partial charge in [-0.2, -0.15) is 0 Å². The molecule has 0 saturated carbocycles. The summed E-state index contributed by atoms with van der Waals surface area (Å²) in [6, 6.07) is 0. The topological polar surface area (TPSA) is 29.5 Å². The minimum Gasteiger partial charge on any atom is -0.501 e. The number of hydrogen-bond acceptors (Lipinski definition) is 2. The number of hydrogen-bond donors (Lipinski definition) is 1. The van der Waals surface area contributed by atoms with E-state index in [1.807, 2.05) is 0 Å². The van der Waals surface area contributed by atoms with Gasteiger partial charge in [-0.15, -0.1) is 0 Å². The maximum absolute atomic E-state index is 8.92. The van der Waals surface area contributed by atoms with Crippen molar-refractivity contribution in [2.24, 2.45) is 0 Å². The second-order valence-corrected chi connectivity index (χ2v) is 1.91. The first-order valence-corrected chi connectivity index (χ1v) is 2.86. The first kappa shape index (κ1) is 5.63. The third-order valence-electron chi connectivity index (χ3n) is 1.16. The van der Waals surface area contributed by atoms with Gasteiger partial charge in [-0.25, -0.2) is 0 Å². The fourth-order valence-corrected chi connectivity index (χ4v) is 0.686. The van der Waals surface area contributed by atoms with Crippen molar-refractivity contribution in [3.8, 4) is 0 Å². The SMILES string of the molecule is O[C@@H]1C=COCCC1. The Morgan fingerprint density at radius 1 is 1.62 bits per heavy atom. The molecule has 0 saturated heterocycles. The van der Waals surface area contributed by atoms with E-state index < -0.39 is 0 Å². The molecule has 0 aromatic carbocycles. The summed E-state index contributed by atoms with van der Waals surface area (Å²) in [6.07, 6.45) is 4.74. The second-order valence-electron chi connectivity index (χ2n) is 1.91. The molecule has 0 aliphatic carbocycles. The van der Waals surface area contributed by atoms with Crippen molar-refractivity contribution < 1.29 is 9.84 Å². The van der Waals surface area contributed by atoms with E-state index in [9.17, 15) is 0 Å². The molecular formula is C6H10O2. The zero-order valence-electron chi connectivity index (χ0n) is 4.71. The molecule has 46 valence electrons. The van der Waals surface area contributed by atoms with E-state index in [0.29, 0.717) is 0 Å². The van der Waals surface area contributed by atoms with Gasteiger partial charge in [0.25, 0.3) is 0 Å². The maximum Gasteiger partial charge on any atom is 0.0874 e. The molecule has 0 aromatic rings. The van der Waals surface area contributed by atoms with Crippen molar-refractivity contribution in [3.05, 3.63) is 12.3 Å². The summed E-state index contributed by atoms with van der Waals surface area (Å²) in [6.45, 7) is 0.744. The minimum absolute atomic E-state index is 0.280. The monoisotopic (exact) mass is 114 g/mol. The largest absolute Gasteiger partial charge is 0.501 e. The summed E-state index contributed by atoms with van der Waals surface area (Å²) < 4.78 is 4.92. The van der Waals surface area contributed by atoms with Crippen LogP contribution in [0.3, 0.4) is 0 Å². The third kappa shape index (κ3) is 1.54. The van der Waals surface area contributed by atoms with Gasteiger partial charge in [0.2, 0.25) is 0 Å². The van der Waals surface area contributed by atoms with Gasteiger partial charge in [-0.1, -0.05) is 0 Å². The molecule has 0 radical (unpaired) electrons. The zero-order chi connectivity index (χ0) is 5.82. The number of aliphatic hydroxyl groups excluding tert-OH is 1. The van der Waals surface area contributed by atoms with Gasteiger partial charge in [0.15, 0.2) is 0 Å². The first-order valence-electron chi connectivity index (χ1n) is 2.86. The molecule has 2 heteroatoms. The normalized spacial score (nSPS) is 28.9. The Kier molecular flexibility index (Phi) is 1.92. The molecule has 0 spiro atoms. The Labute approximate surface area is 48.8 Å². The molecule has 0 fully saturated rings. The van der Waals surface area contributed by atoms with E-state index in [1.54, 1.807) is 12.3 Å². The molecule has 2 nitrogen and oxygen atoms in total. The van der Waals surface area contributed by atoms with Gasteiger partial charge in [-0.3, -0.25) is 0 Å². The fraction of sp³-hybridized carbons (Fsp3) is 0.667. The van der Waals surface area contributed by atoms with Crippen molar-refractivity contribution in [3.63, 3.8) is 0 Å². The average Bonchev–Trinajstić information content (AvgIpc) is 1.94. The van der Waals surface area contributed by atoms with Crippen LogP contribution < -0.4 is 0 Å². The van der Waals surface area contributed by atoms with Crippen LogP contribution in [0, 0.1) is 0 Å². The predicted molar refractivity (Wildman–Crippen MR) is 30.3 cm³/mol.